The van der Waals surface area contributed by atoms with Crippen molar-refractivity contribution >= 4 is 5.91 Å². The summed E-state index contributed by atoms with van der Waals surface area (Å²) in [5.41, 5.74) is 2.47. The molecular formula is C15H21NO. The minimum Gasteiger partial charge on any atom is -0.349 e. The number of hydrogen-bond acceptors (Lipinski definition) is 1. The van der Waals surface area contributed by atoms with Gasteiger partial charge in [-0.15, -0.1) is 0 Å². The van der Waals surface area contributed by atoms with Crippen LogP contribution in [-0.2, 0) is 4.79 Å². The molecule has 1 aliphatic rings. The fourth-order valence-corrected chi connectivity index (χ4v) is 2.18. The highest BCUT2D eigenvalue weighted by Crippen LogP contribution is 2.27. The van der Waals surface area contributed by atoms with Crippen molar-refractivity contribution in [1.29, 1.82) is 0 Å². The molecule has 0 saturated heterocycles. The number of carbonyl (C=O) groups is 1. The zero-order valence-corrected chi connectivity index (χ0v) is 10.7. The predicted molar refractivity (Wildman–Crippen MR) is 69.7 cm³/mol. The Labute approximate surface area is 103 Å². The van der Waals surface area contributed by atoms with E-state index in [2.05, 4.69) is 43.4 Å². The van der Waals surface area contributed by atoms with Crippen molar-refractivity contribution in [2.24, 2.45) is 5.92 Å². The molecule has 0 aromatic heterocycles. The standard InChI is InChI=1S/C15H21NO/c1-3-14(12-9-7-11(2)8-10-12)16-15(17)13-5-4-6-13/h7-10,13-14H,3-6H2,1-2H3,(H,16,17)/t14-/m0/s1. The molecule has 0 heterocycles. The average molecular weight is 231 g/mol. The molecule has 1 N–H and O–H groups in total. The average Bonchev–Trinajstić information content (AvgIpc) is 2.25. The Kier molecular flexibility index (Phi) is 3.82. The smallest absolute Gasteiger partial charge is 0.223 e. The van der Waals surface area contributed by atoms with E-state index in [1.165, 1.54) is 17.5 Å². The molecule has 1 aromatic rings. The third-order valence-corrected chi connectivity index (χ3v) is 3.68. The Balaban J connectivity index is 2.00. The minimum atomic E-state index is 0.170. The van der Waals surface area contributed by atoms with Crippen LogP contribution in [0.2, 0.25) is 0 Å². The van der Waals surface area contributed by atoms with Gasteiger partial charge in [0.05, 0.1) is 6.04 Å². The monoisotopic (exact) mass is 231 g/mol. The van der Waals surface area contributed by atoms with Crippen LogP contribution in [0.3, 0.4) is 0 Å². The SMILES string of the molecule is CC[C@H](NC(=O)C1CCC1)c1ccc(C)cc1. The predicted octanol–water partition coefficient (Wildman–Crippen LogP) is 3.36. The highest BCUT2D eigenvalue weighted by molar-refractivity contribution is 5.79. The van der Waals surface area contributed by atoms with Crippen LogP contribution >= 0.6 is 0 Å². The molecule has 2 heteroatoms. The number of amides is 1. The van der Waals surface area contributed by atoms with Crippen molar-refractivity contribution in [3.63, 3.8) is 0 Å². The third kappa shape index (κ3) is 2.87. The van der Waals surface area contributed by atoms with Gasteiger partial charge in [-0.05, 0) is 31.7 Å². The zero-order chi connectivity index (χ0) is 12.3. The molecule has 0 unspecified atom stereocenters. The van der Waals surface area contributed by atoms with Gasteiger partial charge in [0.2, 0.25) is 5.91 Å². The van der Waals surface area contributed by atoms with E-state index < -0.39 is 0 Å². The molecule has 1 amide bonds. The second kappa shape index (κ2) is 5.35. The van der Waals surface area contributed by atoms with Gasteiger partial charge in [-0.3, -0.25) is 4.79 Å². The number of rotatable bonds is 4. The molecule has 17 heavy (non-hydrogen) atoms. The molecule has 1 fully saturated rings. The molecule has 0 aliphatic heterocycles. The Morgan fingerprint density at radius 1 is 1.35 bits per heavy atom. The van der Waals surface area contributed by atoms with Crippen LogP contribution < -0.4 is 5.32 Å². The maximum absolute atomic E-state index is 11.9. The van der Waals surface area contributed by atoms with Gasteiger partial charge in [-0.25, -0.2) is 0 Å². The zero-order valence-electron chi connectivity index (χ0n) is 10.7. The summed E-state index contributed by atoms with van der Waals surface area (Å²) in [6.45, 7) is 4.20. The maximum Gasteiger partial charge on any atom is 0.223 e. The molecule has 1 aromatic carbocycles. The molecule has 0 bridgehead atoms. The molecule has 1 saturated carbocycles. The van der Waals surface area contributed by atoms with Gasteiger partial charge in [0.1, 0.15) is 0 Å². The largest absolute Gasteiger partial charge is 0.349 e. The normalized spacial score (nSPS) is 17.3. The first kappa shape index (κ1) is 12.2. The van der Waals surface area contributed by atoms with Crippen LogP contribution in [0.4, 0.5) is 0 Å². The minimum absolute atomic E-state index is 0.170. The summed E-state index contributed by atoms with van der Waals surface area (Å²) in [6, 6.07) is 8.61. The van der Waals surface area contributed by atoms with Crippen LogP contribution in [0.1, 0.15) is 49.8 Å². The van der Waals surface area contributed by atoms with Crippen molar-refractivity contribution in [3.05, 3.63) is 35.4 Å². The lowest BCUT2D eigenvalue weighted by atomic mass is 9.84. The van der Waals surface area contributed by atoms with E-state index in [0.29, 0.717) is 0 Å². The number of carbonyl (C=O) groups excluding carboxylic acids is 1. The number of nitrogens with one attached hydrogen (secondary N) is 1. The van der Waals surface area contributed by atoms with Crippen LogP contribution in [0, 0.1) is 12.8 Å². The first-order valence-corrected chi connectivity index (χ1v) is 6.57. The molecule has 92 valence electrons. The van der Waals surface area contributed by atoms with Crippen molar-refractivity contribution in [2.75, 3.05) is 0 Å². The summed E-state index contributed by atoms with van der Waals surface area (Å²) in [6.07, 6.45) is 4.28. The van der Waals surface area contributed by atoms with Crippen LogP contribution in [0.25, 0.3) is 0 Å². The van der Waals surface area contributed by atoms with E-state index in [0.717, 1.165) is 19.3 Å². The second-order valence-electron chi connectivity index (χ2n) is 5.01. The number of aryl methyl sites for hydroxylation is 1. The second-order valence-corrected chi connectivity index (χ2v) is 5.01. The van der Waals surface area contributed by atoms with E-state index in [9.17, 15) is 4.79 Å². The van der Waals surface area contributed by atoms with Gasteiger partial charge < -0.3 is 5.32 Å². The van der Waals surface area contributed by atoms with E-state index in [1.54, 1.807) is 0 Å². The molecule has 2 nitrogen and oxygen atoms in total. The quantitative estimate of drug-likeness (QED) is 0.845. The topological polar surface area (TPSA) is 29.1 Å². The molecule has 0 spiro atoms. The van der Waals surface area contributed by atoms with E-state index in [4.69, 9.17) is 0 Å². The Bertz CT molecular complexity index is 378. The fourth-order valence-electron chi connectivity index (χ4n) is 2.18. The van der Waals surface area contributed by atoms with Crippen LogP contribution in [0.15, 0.2) is 24.3 Å². The van der Waals surface area contributed by atoms with E-state index in [1.807, 2.05) is 0 Å². The summed E-state index contributed by atoms with van der Waals surface area (Å²) < 4.78 is 0. The molecule has 1 atom stereocenters. The molecule has 0 radical (unpaired) electrons. The van der Waals surface area contributed by atoms with Crippen LogP contribution in [-0.4, -0.2) is 5.91 Å². The Morgan fingerprint density at radius 3 is 2.47 bits per heavy atom. The summed E-state index contributed by atoms with van der Waals surface area (Å²) >= 11 is 0. The molecular weight excluding hydrogens is 210 g/mol. The summed E-state index contributed by atoms with van der Waals surface area (Å²) in [5.74, 6) is 0.512. The molecule has 1 aliphatic carbocycles. The lowest BCUT2D eigenvalue weighted by Crippen LogP contribution is -2.36. The summed E-state index contributed by atoms with van der Waals surface area (Å²) in [5, 5.41) is 3.17. The Morgan fingerprint density at radius 2 is 2.00 bits per heavy atom. The fraction of sp³-hybridized carbons (Fsp3) is 0.533. The van der Waals surface area contributed by atoms with Crippen molar-refractivity contribution < 1.29 is 4.79 Å². The number of hydrogen-bond donors (Lipinski definition) is 1. The first-order valence-electron chi connectivity index (χ1n) is 6.57. The van der Waals surface area contributed by atoms with Crippen LogP contribution in [0.5, 0.6) is 0 Å². The van der Waals surface area contributed by atoms with Crippen molar-refractivity contribution in [1.82, 2.24) is 5.32 Å². The van der Waals surface area contributed by atoms with Gasteiger partial charge in [-0.2, -0.15) is 0 Å². The summed E-state index contributed by atoms with van der Waals surface area (Å²) in [7, 11) is 0. The van der Waals surface area contributed by atoms with Gasteiger partial charge in [-0.1, -0.05) is 43.2 Å². The van der Waals surface area contributed by atoms with Gasteiger partial charge >= 0.3 is 0 Å². The highest BCUT2D eigenvalue weighted by Gasteiger charge is 2.26. The lowest BCUT2D eigenvalue weighted by Gasteiger charge is -2.27. The van der Waals surface area contributed by atoms with Gasteiger partial charge in [0.25, 0.3) is 0 Å². The maximum atomic E-state index is 11.9. The van der Waals surface area contributed by atoms with Crippen molar-refractivity contribution in [2.45, 2.75) is 45.6 Å². The Hall–Kier alpha value is -1.31. The summed E-state index contributed by atoms with van der Waals surface area (Å²) in [4.78, 5) is 11.9. The van der Waals surface area contributed by atoms with Gasteiger partial charge in [0.15, 0.2) is 0 Å². The van der Waals surface area contributed by atoms with E-state index >= 15 is 0 Å². The van der Waals surface area contributed by atoms with E-state index in [-0.39, 0.29) is 17.9 Å². The van der Waals surface area contributed by atoms with Gasteiger partial charge in [0, 0.05) is 5.92 Å². The van der Waals surface area contributed by atoms with Crippen molar-refractivity contribution in [3.8, 4) is 0 Å². The third-order valence-electron chi connectivity index (χ3n) is 3.68. The molecule has 2 rings (SSSR count). The lowest BCUT2D eigenvalue weighted by molar-refractivity contribution is -0.128. The highest BCUT2D eigenvalue weighted by atomic mass is 16.2. The first-order chi connectivity index (χ1) is 8.20. The number of benzene rings is 1.